The van der Waals surface area contributed by atoms with Crippen molar-refractivity contribution < 1.29 is 14.7 Å². The number of amides is 1. The van der Waals surface area contributed by atoms with Crippen LogP contribution in [0.3, 0.4) is 0 Å². The summed E-state index contributed by atoms with van der Waals surface area (Å²) < 4.78 is 0. The number of thiophene rings is 1. The van der Waals surface area contributed by atoms with Gasteiger partial charge in [0, 0.05) is 10.3 Å². The lowest BCUT2D eigenvalue weighted by molar-refractivity contribution is -0.141. The van der Waals surface area contributed by atoms with Gasteiger partial charge in [0.15, 0.2) is 0 Å². The molecule has 0 radical (unpaired) electrons. The molecule has 0 bridgehead atoms. The highest BCUT2D eigenvalue weighted by atomic mass is 32.2. The number of carboxylic acid groups (broad SMARTS) is 1. The van der Waals surface area contributed by atoms with E-state index in [0.717, 1.165) is 21.7 Å². The Balaban J connectivity index is 2.04. The standard InChI is InChI=1S/C14H17N3O3S2/c1-3-8-5-9-12(15-7-16-13(9)22-8)21-6-11(18)17-10(4-2)14(19)20/h5,7,10H,3-4,6H2,1-2H3,(H,17,18)(H,19,20). The number of thioether (sulfide) groups is 1. The van der Waals surface area contributed by atoms with Crippen molar-refractivity contribution in [3.63, 3.8) is 0 Å². The molecule has 0 aliphatic heterocycles. The van der Waals surface area contributed by atoms with Gasteiger partial charge in [0.05, 0.1) is 5.75 Å². The Morgan fingerprint density at radius 2 is 2.18 bits per heavy atom. The summed E-state index contributed by atoms with van der Waals surface area (Å²) in [5.74, 6) is -1.19. The van der Waals surface area contributed by atoms with Crippen LogP contribution in [0.5, 0.6) is 0 Å². The minimum Gasteiger partial charge on any atom is -0.480 e. The Kier molecular flexibility index (Phi) is 5.73. The third-order valence-corrected chi connectivity index (χ3v) is 5.27. The minimum absolute atomic E-state index is 0.132. The number of hydrogen-bond donors (Lipinski definition) is 2. The van der Waals surface area contributed by atoms with Crippen molar-refractivity contribution in [2.45, 2.75) is 37.8 Å². The maximum absolute atomic E-state index is 11.9. The molecule has 2 aromatic rings. The number of nitrogens with one attached hydrogen (secondary N) is 1. The number of carboxylic acids is 1. The fourth-order valence-electron chi connectivity index (χ4n) is 1.88. The smallest absolute Gasteiger partial charge is 0.326 e. The summed E-state index contributed by atoms with van der Waals surface area (Å²) in [5.41, 5.74) is 0. The summed E-state index contributed by atoms with van der Waals surface area (Å²) in [6.45, 7) is 3.80. The van der Waals surface area contributed by atoms with Crippen LogP contribution in [0.2, 0.25) is 0 Å². The molecule has 0 spiro atoms. The van der Waals surface area contributed by atoms with Gasteiger partial charge in [-0.25, -0.2) is 14.8 Å². The first-order valence-corrected chi connectivity index (χ1v) is 8.73. The molecule has 2 heterocycles. The molecule has 0 aliphatic rings. The van der Waals surface area contributed by atoms with Gasteiger partial charge in [0.25, 0.3) is 0 Å². The lowest BCUT2D eigenvalue weighted by atomic mass is 10.2. The van der Waals surface area contributed by atoms with E-state index in [0.29, 0.717) is 6.42 Å². The third-order valence-electron chi connectivity index (χ3n) is 3.07. The summed E-state index contributed by atoms with van der Waals surface area (Å²) >= 11 is 2.92. The first-order valence-electron chi connectivity index (χ1n) is 6.93. The van der Waals surface area contributed by atoms with E-state index in [1.165, 1.54) is 23.0 Å². The largest absolute Gasteiger partial charge is 0.480 e. The Hall–Kier alpha value is -1.67. The second-order valence-corrected chi connectivity index (χ2v) is 6.70. The molecule has 1 unspecified atom stereocenters. The molecule has 1 atom stereocenters. The zero-order chi connectivity index (χ0) is 16.1. The first-order chi connectivity index (χ1) is 10.5. The molecule has 6 nitrogen and oxygen atoms in total. The molecule has 0 aromatic carbocycles. The number of hydrogen-bond acceptors (Lipinski definition) is 6. The first kappa shape index (κ1) is 16.7. The van der Waals surface area contributed by atoms with E-state index in [2.05, 4.69) is 22.2 Å². The molecule has 22 heavy (non-hydrogen) atoms. The van der Waals surface area contributed by atoms with Crippen molar-refractivity contribution in [3.8, 4) is 0 Å². The van der Waals surface area contributed by atoms with Gasteiger partial charge in [-0.15, -0.1) is 11.3 Å². The zero-order valence-corrected chi connectivity index (χ0v) is 14.0. The number of rotatable bonds is 7. The van der Waals surface area contributed by atoms with E-state index in [1.54, 1.807) is 18.3 Å². The highest BCUT2D eigenvalue weighted by Crippen LogP contribution is 2.30. The van der Waals surface area contributed by atoms with Crippen molar-refractivity contribution in [2.75, 3.05) is 5.75 Å². The van der Waals surface area contributed by atoms with E-state index in [1.807, 2.05) is 6.07 Å². The van der Waals surface area contributed by atoms with Crippen molar-refractivity contribution in [2.24, 2.45) is 0 Å². The molecular formula is C14H17N3O3S2. The Labute approximate surface area is 136 Å². The normalized spacial score (nSPS) is 12.3. The summed E-state index contributed by atoms with van der Waals surface area (Å²) in [6.07, 6.45) is 2.78. The van der Waals surface area contributed by atoms with E-state index in [4.69, 9.17) is 5.11 Å². The molecule has 1 amide bonds. The van der Waals surface area contributed by atoms with Gasteiger partial charge >= 0.3 is 5.97 Å². The van der Waals surface area contributed by atoms with Crippen LogP contribution in [0.25, 0.3) is 10.2 Å². The van der Waals surface area contributed by atoms with Crippen molar-refractivity contribution in [1.29, 1.82) is 0 Å². The van der Waals surface area contributed by atoms with Crippen LogP contribution in [0.15, 0.2) is 17.4 Å². The molecule has 0 fully saturated rings. The number of aryl methyl sites for hydroxylation is 1. The SMILES string of the molecule is CCc1cc2c(SCC(=O)NC(CC)C(=O)O)ncnc2s1. The Morgan fingerprint density at radius 3 is 2.82 bits per heavy atom. The van der Waals surface area contributed by atoms with Crippen molar-refractivity contribution in [1.82, 2.24) is 15.3 Å². The molecule has 118 valence electrons. The summed E-state index contributed by atoms with van der Waals surface area (Å²) in [4.78, 5) is 33.4. The quantitative estimate of drug-likeness (QED) is 0.594. The van der Waals surface area contributed by atoms with E-state index < -0.39 is 12.0 Å². The molecule has 2 N–H and O–H groups in total. The second-order valence-electron chi connectivity index (χ2n) is 4.62. The molecule has 2 rings (SSSR count). The van der Waals surface area contributed by atoms with Gasteiger partial charge in [-0.1, -0.05) is 25.6 Å². The summed E-state index contributed by atoms with van der Waals surface area (Å²) in [7, 11) is 0. The average molecular weight is 339 g/mol. The van der Waals surface area contributed by atoms with Crippen LogP contribution < -0.4 is 5.32 Å². The maximum atomic E-state index is 11.9. The Bertz CT molecular complexity index is 687. The van der Waals surface area contributed by atoms with Crippen LogP contribution in [-0.2, 0) is 16.0 Å². The van der Waals surface area contributed by atoms with Gasteiger partial charge in [-0.05, 0) is 18.9 Å². The van der Waals surface area contributed by atoms with Crippen LogP contribution in [-0.4, -0.2) is 38.7 Å². The summed E-state index contributed by atoms with van der Waals surface area (Å²) in [6, 6.07) is 1.21. The monoisotopic (exact) mass is 339 g/mol. The number of aromatic nitrogens is 2. The average Bonchev–Trinajstić information content (AvgIpc) is 2.93. The highest BCUT2D eigenvalue weighted by molar-refractivity contribution is 8.00. The molecule has 0 aliphatic carbocycles. The number of nitrogens with zero attached hydrogens (tertiary/aromatic N) is 2. The van der Waals surface area contributed by atoms with Crippen molar-refractivity contribution >= 4 is 45.2 Å². The van der Waals surface area contributed by atoms with E-state index in [-0.39, 0.29) is 11.7 Å². The molecule has 8 heteroatoms. The third kappa shape index (κ3) is 3.95. The van der Waals surface area contributed by atoms with E-state index >= 15 is 0 Å². The van der Waals surface area contributed by atoms with E-state index in [9.17, 15) is 9.59 Å². The topological polar surface area (TPSA) is 92.2 Å². The van der Waals surface area contributed by atoms with Crippen LogP contribution >= 0.6 is 23.1 Å². The summed E-state index contributed by atoms with van der Waals surface area (Å²) in [5, 5.41) is 13.1. The van der Waals surface area contributed by atoms with Crippen molar-refractivity contribution in [3.05, 3.63) is 17.3 Å². The van der Waals surface area contributed by atoms with Gasteiger partial charge in [0.1, 0.15) is 22.2 Å². The van der Waals surface area contributed by atoms with Crippen LogP contribution in [0.1, 0.15) is 25.1 Å². The number of aliphatic carboxylic acids is 1. The lowest BCUT2D eigenvalue weighted by Crippen LogP contribution is -2.41. The van der Waals surface area contributed by atoms with Crippen LogP contribution in [0, 0.1) is 0 Å². The fourth-order valence-corrected chi connectivity index (χ4v) is 3.66. The number of carbonyl (C=O) groups excluding carboxylic acids is 1. The zero-order valence-electron chi connectivity index (χ0n) is 12.3. The maximum Gasteiger partial charge on any atom is 0.326 e. The van der Waals surface area contributed by atoms with Gasteiger partial charge in [-0.2, -0.15) is 0 Å². The molecule has 0 saturated carbocycles. The number of fused-ring (bicyclic) bond motifs is 1. The Morgan fingerprint density at radius 1 is 1.41 bits per heavy atom. The predicted octanol–water partition coefficient (Wildman–Crippen LogP) is 2.33. The number of carbonyl (C=O) groups is 2. The van der Waals surface area contributed by atoms with Gasteiger partial charge in [-0.3, -0.25) is 4.79 Å². The minimum atomic E-state index is -1.02. The highest BCUT2D eigenvalue weighted by Gasteiger charge is 2.18. The molecule has 2 aromatic heterocycles. The molecular weight excluding hydrogens is 322 g/mol. The fraction of sp³-hybridized carbons (Fsp3) is 0.429. The lowest BCUT2D eigenvalue weighted by Gasteiger charge is -2.11. The second kappa shape index (κ2) is 7.55. The molecule has 0 saturated heterocycles. The van der Waals surface area contributed by atoms with Gasteiger partial charge in [0.2, 0.25) is 5.91 Å². The van der Waals surface area contributed by atoms with Gasteiger partial charge < -0.3 is 10.4 Å². The van der Waals surface area contributed by atoms with Crippen LogP contribution in [0.4, 0.5) is 0 Å². The predicted molar refractivity (Wildman–Crippen MR) is 87.4 cm³/mol.